The monoisotopic (exact) mass is 396 g/mol. The summed E-state index contributed by atoms with van der Waals surface area (Å²) in [7, 11) is -4.49. The number of halogens is 1. The Hall–Kier alpha value is -3.01. The molecule has 0 saturated carbocycles. The van der Waals surface area contributed by atoms with E-state index in [1.165, 1.54) is 31.2 Å². The van der Waals surface area contributed by atoms with E-state index >= 15 is 0 Å². The Morgan fingerprint density at radius 1 is 1.26 bits per heavy atom. The van der Waals surface area contributed by atoms with Gasteiger partial charge in [0.25, 0.3) is 15.7 Å². The van der Waals surface area contributed by atoms with Crippen molar-refractivity contribution in [1.82, 2.24) is 0 Å². The average molecular weight is 396 g/mol. The molecule has 0 spiro atoms. The number of ether oxygens (including phenoxy) is 1. The van der Waals surface area contributed by atoms with E-state index in [4.69, 9.17) is 4.74 Å². The Morgan fingerprint density at radius 2 is 1.93 bits per heavy atom. The normalized spacial score (nSPS) is 11.1. The van der Waals surface area contributed by atoms with E-state index in [0.717, 1.165) is 18.2 Å². The zero-order chi connectivity index (χ0) is 20.2. The van der Waals surface area contributed by atoms with Crippen molar-refractivity contribution in [3.8, 4) is 0 Å². The number of esters is 1. The maximum absolute atomic E-state index is 14.3. The lowest BCUT2D eigenvalue weighted by Crippen LogP contribution is -2.37. The zero-order valence-corrected chi connectivity index (χ0v) is 15.4. The Morgan fingerprint density at radius 3 is 2.52 bits per heavy atom. The summed E-state index contributed by atoms with van der Waals surface area (Å²) in [6.45, 7) is 2.23. The van der Waals surface area contributed by atoms with Gasteiger partial charge in [-0.25, -0.2) is 12.8 Å². The molecule has 2 rings (SSSR count). The molecule has 2 aromatic carbocycles. The minimum Gasteiger partial charge on any atom is -0.465 e. The number of para-hydroxylation sites is 1. The molecule has 0 fully saturated rings. The molecule has 0 aliphatic carbocycles. The fraction of sp³-hybridized carbons (Fsp3) is 0.235. The number of benzene rings is 2. The van der Waals surface area contributed by atoms with Gasteiger partial charge in [-0.3, -0.25) is 19.2 Å². The van der Waals surface area contributed by atoms with Crippen LogP contribution in [0.3, 0.4) is 0 Å². The third kappa shape index (κ3) is 4.40. The molecule has 0 saturated heterocycles. The summed E-state index contributed by atoms with van der Waals surface area (Å²) in [6, 6.07) is 8.33. The summed E-state index contributed by atoms with van der Waals surface area (Å²) in [5.41, 5.74) is -0.592. The van der Waals surface area contributed by atoms with E-state index in [-0.39, 0.29) is 17.9 Å². The first-order valence-electron chi connectivity index (χ1n) is 7.86. The first-order chi connectivity index (χ1) is 12.7. The molecule has 8 nitrogen and oxygen atoms in total. The van der Waals surface area contributed by atoms with Crippen molar-refractivity contribution < 1.29 is 27.3 Å². The number of carbonyl (C=O) groups excluding carboxylic acids is 1. The van der Waals surface area contributed by atoms with Crippen molar-refractivity contribution >= 4 is 27.4 Å². The van der Waals surface area contributed by atoms with E-state index < -0.39 is 43.9 Å². The van der Waals surface area contributed by atoms with E-state index in [9.17, 15) is 27.7 Å². The number of aryl methyl sites for hydroxylation is 1. The van der Waals surface area contributed by atoms with Gasteiger partial charge in [0.15, 0.2) is 0 Å². The Kier molecular flexibility index (Phi) is 6.11. The Labute approximate surface area is 155 Å². The molecule has 10 heteroatoms. The number of nitro benzene ring substituents is 1. The predicted molar refractivity (Wildman–Crippen MR) is 95.4 cm³/mol. The van der Waals surface area contributed by atoms with Gasteiger partial charge in [0.05, 0.1) is 22.1 Å². The van der Waals surface area contributed by atoms with Gasteiger partial charge in [0.2, 0.25) is 0 Å². The van der Waals surface area contributed by atoms with Crippen LogP contribution in [0.2, 0.25) is 0 Å². The maximum Gasteiger partial charge on any atom is 0.326 e. The van der Waals surface area contributed by atoms with Gasteiger partial charge in [-0.2, -0.15) is 0 Å². The number of nitro groups is 1. The standard InChI is InChI=1S/C17H17FN2O6S/c1-3-26-17(21)11-19(15-7-5-4-6-14(15)18)27(24,25)16-10-13(20(22)23)9-8-12(16)2/h4-10H,3,11H2,1-2H3. The van der Waals surface area contributed by atoms with Gasteiger partial charge in [-0.05, 0) is 31.5 Å². The lowest BCUT2D eigenvalue weighted by atomic mass is 10.2. The molecule has 0 radical (unpaired) electrons. The molecular formula is C17H17FN2O6S. The molecule has 0 aliphatic rings. The summed E-state index contributed by atoms with van der Waals surface area (Å²) in [5.74, 6) is -1.75. The third-order valence-electron chi connectivity index (χ3n) is 3.65. The lowest BCUT2D eigenvalue weighted by Gasteiger charge is -2.24. The van der Waals surface area contributed by atoms with Gasteiger partial charge in [-0.15, -0.1) is 0 Å². The fourth-order valence-corrected chi connectivity index (χ4v) is 4.04. The van der Waals surface area contributed by atoms with Gasteiger partial charge in [0.1, 0.15) is 12.4 Å². The van der Waals surface area contributed by atoms with Crippen LogP contribution in [0, 0.1) is 22.9 Å². The van der Waals surface area contributed by atoms with Crippen molar-refractivity contribution in [3.05, 3.63) is 64.0 Å². The smallest absolute Gasteiger partial charge is 0.326 e. The van der Waals surface area contributed by atoms with Gasteiger partial charge < -0.3 is 4.74 Å². The molecule has 0 unspecified atom stereocenters. The molecule has 0 aromatic heterocycles. The summed E-state index contributed by atoms with van der Waals surface area (Å²) < 4.78 is 45.9. The van der Waals surface area contributed by atoms with Crippen molar-refractivity contribution in [2.45, 2.75) is 18.7 Å². The molecule has 27 heavy (non-hydrogen) atoms. The van der Waals surface area contributed by atoms with E-state index in [1.807, 2.05) is 0 Å². The van der Waals surface area contributed by atoms with Crippen LogP contribution in [-0.4, -0.2) is 32.5 Å². The number of anilines is 1. The highest BCUT2D eigenvalue weighted by molar-refractivity contribution is 7.93. The van der Waals surface area contributed by atoms with Crippen LogP contribution in [-0.2, 0) is 19.6 Å². The largest absolute Gasteiger partial charge is 0.465 e. The topological polar surface area (TPSA) is 107 Å². The summed E-state index contributed by atoms with van der Waals surface area (Å²) in [6.07, 6.45) is 0. The highest BCUT2D eigenvalue weighted by Crippen LogP contribution is 2.30. The summed E-state index contributed by atoms with van der Waals surface area (Å²) >= 11 is 0. The quantitative estimate of drug-likeness (QED) is 0.405. The number of sulfonamides is 1. The second kappa shape index (κ2) is 8.12. The van der Waals surface area contributed by atoms with Gasteiger partial charge >= 0.3 is 5.97 Å². The van der Waals surface area contributed by atoms with E-state index in [0.29, 0.717) is 4.31 Å². The van der Waals surface area contributed by atoms with Gasteiger partial charge in [0, 0.05) is 12.1 Å². The van der Waals surface area contributed by atoms with Crippen molar-refractivity contribution in [2.24, 2.45) is 0 Å². The molecule has 0 heterocycles. The molecule has 0 bridgehead atoms. The molecular weight excluding hydrogens is 379 g/mol. The Balaban J connectivity index is 2.64. The maximum atomic E-state index is 14.3. The zero-order valence-electron chi connectivity index (χ0n) is 14.6. The van der Waals surface area contributed by atoms with Crippen LogP contribution in [0.5, 0.6) is 0 Å². The molecule has 144 valence electrons. The molecule has 2 aromatic rings. The summed E-state index contributed by atoms with van der Waals surface area (Å²) in [4.78, 5) is 21.8. The number of non-ortho nitro benzene ring substituents is 1. The predicted octanol–water partition coefficient (Wildman–Crippen LogP) is 2.80. The molecule has 0 N–H and O–H groups in total. The summed E-state index contributed by atoms with van der Waals surface area (Å²) in [5, 5.41) is 11.0. The van der Waals surface area contributed by atoms with Crippen molar-refractivity contribution in [3.63, 3.8) is 0 Å². The average Bonchev–Trinajstić information content (AvgIpc) is 2.60. The second-order valence-corrected chi connectivity index (χ2v) is 7.31. The van der Waals surface area contributed by atoms with Crippen molar-refractivity contribution in [1.29, 1.82) is 0 Å². The minimum atomic E-state index is -4.49. The molecule has 0 atom stereocenters. The number of hydrogen-bond acceptors (Lipinski definition) is 6. The number of carbonyl (C=O) groups is 1. The van der Waals surface area contributed by atoms with Crippen LogP contribution < -0.4 is 4.31 Å². The van der Waals surface area contributed by atoms with Crippen LogP contribution in [0.4, 0.5) is 15.8 Å². The Bertz CT molecular complexity index is 977. The van der Waals surface area contributed by atoms with Crippen LogP contribution in [0.15, 0.2) is 47.4 Å². The van der Waals surface area contributed by atoms with E-state index in [1.54, 1.807) is 6.92 Å². The molecule has 0 amide bonds. The second-order valence-electron chi connectivity index (χ2n) is 5.48. The third-order valence-corrected chi connectivity index (χ3v) is 5.55. The number of rotatable bonds is 7. The van der Waals surface area contributed by atoms with Gasteiger partial charge in [-0.1, -0.05) is 18.2 Å². The lowest BCUT2D eigenvalue weighted by molar-refractivity contribution is -0.385. The van der Waals surface area contributed by atoms with Crippen LogP contribution >= 0.6 is 0 Å². The molecule has 0 aliphatic heterocycles. The number of hydrogen-bond donors (Lipinski definition) is 0. The fourth-order valence-electron chi connectivity index (χ4n) is 2.38. The van der Waals surface area contributed by atoms with Crippen LogP contribution in [0.1, 0.15) is 12.5 Å². The first kappa shape index (κ1) is 20.3. The van der Waals surface area contributed by atoms with E-state index in [2.05, 4.69) is 0 Å². The minimum absolute atomic E-state index is 0.0137. The van der Waals surface area contributed by atoms with Crippen molar-refractivity contribution in [2.75, 3.05) is 17.5 Å². The highest BCUT2D eigenvalue weighted by Gasteiger charge is 2.32. The first-order valence-corrected chi connectivity index (χ1v) is 9.30. The highest BCUT2D eigenvalue weighted by atomic mass is 32.2. The van der Waals surface area contributed by atoms with Crippen LogP contribution in [0.25, 0.3) is 0 Å². The number of nitrogens with zero attached hydrogens (tertiary/aromatic N) is 2. The SMILES string of the molecule is CCOC(=O)CN(c1ccccc1F)S(=O)(=O)c1cc([N+](=O)[O-])ccc1C.